The minimum Gasteiger partial charge on any atom is -0.506 e. The number of carboxylic acid groups (broad SMARTS) is 1. The Balaban J connectivity index is 1.42. The fourth-order valence-electron chi connectivity index (χ4n) is 6.60. The maximum absolute atomic E-state index is 13.6. The molecule has 0 unspecified atom stereocenters. The van der Waals surface area contributed by atoms with Gasteiger partial charge in [0.25, 0.3) is 5.91 Å². The number of aromatic hydroxyl groups is 1. The standard InChI is InChI=1S/C34H35ClN2O6/c1-34(33(40)41,19-20-8-13-28(38)26(35)16-20)36-32(39)22-9-11-24-27(17-22)37-14-15-43-29-18-23(42-2)10-12-25(29)31(37)30(24)21-6-4-3-5-7-21/h8-13,16-18,21,38H,3-7,14-15,19H2,1-2H3,(H,36,39)(H,40,41)/t34-/m0/s1. The van der Waals surface area contributed by atoms with E-state index in [-0.39, 0.29) is 17.2 Å². The number of halogens is 1. The van der Waals surface area contributed by atoms with Crippen molar-refractivity contribution in [3.05, 3.63) is 76.3 Å². The molecule has 1 atom stereocenters. The van der Waals surface area contributed by atoms with Crippen LogP contribution in [0.15, 0.2) is 54.6 Å². The molecule has 1 aliphatic heterocycles. The van der Waals surface area contributed by atoms with Crippen LogP contribution in [0.1, 0.15) is 66.4 Å². The third kappa shape index (κ3) is 5.40. The van der Waals surface area contributed by atoms with Gasteiger partial charge in [0.05, 0.1) is 24.4 Å². The van der Waals surface area contributed by atoms with E-state index in [1.807, 2.05) is 24.3 Å². The fraction of sp³-hybridized carbons (Fsp3) is 0.353. The van der Waals surface area contributed by atoms with Gasteiger partial charge in [0.1, 0.15) is 29.4 Å². The van der Waals surface area contributed by atoms with Gasteiger partial charge in [-0.25, -0.2) is 4.79 Å². The van der Waals surface area contributed by atoms with Crippen molar-refractivity contribution in [3.8, 4) is 28.5 Å². The number of benzene rings is 3. The molecule has 9 heteroatoms. The Hall–Kier alpha value is -4.17. The van der Waals surface area contributed by atoms with Gasteiger partial charge in [-0.1, -0.05) is 43.0 Å². The van der Waals surface area contributed by atoms with Crippen LogP contribution in [0, 0.1) is 0 Å². The van der Waals surface area contributed by atoms with E-state index in [0.717, 1.165) is 46.5 Å². The Morgan fingerprint density at radius 2 is 1.88 bits per heavy atom. The van der Waals surface area contributed by atoms with Crippen LogP contribution in [0.5, 0.6) is 17.2 Å². The molecule has 4 aromatic rings. The summed E-state index contributed by atoms with van der Waals surface area (Å²) in [6, 6.07) is 16.1. The molecule has 0 radical (unpaired) electrons. The van der Waals surface area contributed by atoms with Crippen molar-refractivity contribution >= 4 is 34.4 Å². The van der Waals surface area contributed by atoms with Crippen LogP contribution in [0.25, 0.3) is 22.2 Å². The van der Waals surface area contributed by atoms with E-state index in [2.05, 4.69) is 16.0 Å². The topological polar surface area (TPSA) is 110 Å². The van der Waals surface area contributed by atoms with E-state index < -0.39 is 17.4 Å². The van der Waals surface area contributed by atoms with Crippen molar-refractivity contribution in [2.45, 2.75) is 63.5 Å². The number of phenolic OH excluding ortho intramolecular Hbond substituents is 1. The number of rotatable bonds is 7. The predicted molar refractivity (Wildman–Crippen MR) is 166 cm³/mol. The maximum Gasteiger partial charge on any atom is 0.329 e. The summed E-state index contributed by atoms with van der Waals surface area (Å²) in [5, 5.41) is 23.9. The third-order valence-corrected chi connectivity index (χ3v) is 9.13. The number of hydrogen-bond acceptors (Lipinski definition) is 5. The number of fused-ring (bicyclic) bond motifs is 5. The van der Waals surface area contributed by atoms with Gasteiger partial charge in [-0.3, -0.25) is 4.79 Å². The van der Waals surface area contributed by atoms with Crippen LogP contribution < -0.4 is 14.8 Å². The van der Waals surface area contributed by atoms with Crippen molar-refractivity contribution in [1.29, 1.82) is 0 Å². The number of carbonyl (C=O) groups is 2. The number of carboxylic acids is 1. The van der Waals surface area contributed by atoms with Crippen LogP contribution >= 0.6 is 11.6 Å². The molecule has 2 heterocycles. The molecule has 1 fully saturated rings. The molecule has 3 aromatic carbocycles. The highest BCUT2D eigenvalue weighted by Gasteiger charge is 2.36. The van der Waals surface area contributed by atoms with Crippen LogP contribution in [0.4, 0.5) is 0 Å². The molecule has 43 heavy (non-hydrogen) atoms. The summed E-state index contributed by atoms with van der Waals surface area (Å²) >= 11 is 6.05. The number of hydrogen-bond donors (Lipinski definition) is 3. The summed E-state index contributed by atoms with van der Waals surface area (Å²) in [6.45, 7) is 2.54. The normalized spacial score (nSPS) is 16.3. The zero-order valence-electron chi connectivity index (χ0n) is 24.3. The second-order valence-corrected chi connectivity index (χ2v) is 12.2. The zero-order valence-corrected chi connectivity index (χ0v) is 25.0. The molecule has 6 rings (SSSR count). The van der Waals surface area contributed by atoms with Gasteiger partial charge in [-0.05, 0) is 73.2 Å². The van der Waals surface area contributed by atoms with Crippen molar-refractivity contribution in [2.24, 2.45) is 0 Å². The lowest BCUT2D eigenvalue weighted by Crippen LogP contribution is -2.53. The largest absolute Gasteiger partial charge is 0.506 e. The number of aliphatic carboxylic acids is 1. The van der Waals surface area contributed by atoms with Crippen LogP contribution in [-0.4, -0.2) is 45.9 Å². The number of methoxy groups -OCH3 is 1. The van der Waals surface area contributed by atoms with Crippen molar-refractivity contribution in [2.75, 3.05) is 13.7 Å². The fourth-order valence-corrected chi connectivity index (χ4v) is 6.80. The van der Waals surface area contributed by atoms with Crippen LogP contribution in [-0.2, 0) is 17.8 Å². The first-order chi connectivity index (χ1) is 20.7. The Bertz CT molecular complexity index is 1720. The summed E-state index contributed by atoms with van der Waals surface area (Å²) < 4.78 is 13.9. The van der Waals surface area contributed by atoms with Gasteiger partial charge >= 0.3 is 5.97 Å². The highest BCUT2D eigenvalue weighted by molar-refractivity contribution is 6.32. The SMILES string of the molecule is COc1ccc2c(c1)OCCn1c-2c(C2CCCCC2)c2ccc(C(=O)N[C@@](C)(Cc3ccc(O)c(Cl)c3)C(=O)O)cc21. The predicted octanol–water partition coefficient (Wildman–Crippen LogP) is 6.93. The van der Waals surface area contributed by atoms with E-state index in [1.165, 1.54) is 43.9 Å². The average Bonchev–Trinajstić information content (AvgIpc) is 3.20. The first-order valence-electron chi connectivity index (χ1n) is 14.7. The monoisotopic (exact) mass is 602 g/mol. The molecule has 1 aliphatic carbocycles. The second-order valence-electron chi connectivity index (χ2n) is 11.7. The molecular weight excluding hydrogens is 568 g/mol. The quantitative estimate of drug-likeness (QED) is 0.212. The van der Waals surface area contributed by atoms with Crippen LogP contribution in [0.3, 0.4) is 0 Å². The minimum atomic E-state index is -1.61. The number of nitrogens with zero attached hydrogens (tertiary/aromatic N) is 1. The summed E-state index contributed by atoms with van der Waals surface area (Å²) in [7, 11) is 1.64. The first kappa shape index (κ1) is 28.9. The Labute approximate surface area is 255 Å². The number of nitrogens with one attached hydrogen (secondary N) is 1. The highest BCUT2D eigenvalue weighted by Crippen LogP contribution is 2.47. The molecule has 1 aromatic heterocycles. The Morgan fingerprint density at radius 1 is 1.09 bits per heavy atom. The molecule has 0 saturated heterocycles. The lowest BCUT2D eigenvalue weighted by Gasteiger charge is -2.26. The van der Waals surface area contributed by atoms with Gasteiger partial charge in [0, 0.05) is 34.5 Å². The summed E-state index contributed by atoms with van der Waals surface area (Å²) in [5.41, 5.74) is 3.69. The van der Waals surface area contributed by atoms with Gasteiger partial charge in [0.15, 0.2) is 0 Å². The molecule has 0 spiro atoms. The average molecular weight is 603 g/mol. The molecule has 3 N–H and O–H groups in total. The lowest BCUT2D eigenvalue weighted by molar-refractivity contribution is -0.143. The van der Waals surface area contributed by atoms with Crippen molar-refractivity contribution < 1.29 is 29.3 Å². The number of phenols is 1. The molecular formula is C34H35ClN2O6. The lowest BCUT2D eigenvalue weighted by atomic mass is 9.81. The molecule has 0 bridgehead atoms. The van der Waals surface area contributed by atoms with E-state index in [9.17, 15) is 19.8 Å². The summed E-state index contributed by atoms with van der Waals surface area (Å²) in [4.78, 5) is 26.0. The number of amides is 1. The third-order valence-electron chi connectivity index (χ3n) is 8.83. The van der Waals surface area contributed by atoms with Gasteiger partial charge in [-0.2, -0.15) is 0 Å². The highest BCUT2D eigenvalue weighted by atomic mass is 35.5. The van der Waals surface area contributed by atoms with Gasteiger partial charge < -0.3 is 29.6 Å². The zero-order chi connectivity index (χ0) is 30.3. The number of ether oxygens (including phenoxy) is 2. The van der Waals surface area contributed by atoms with E-state index in [0.29, 0.717) is 30.2 Å². The first-order valence-corrected chi connectivity index (χ1v) is 15.1. The summed E-state index contributed by atoms with van der Waals surface area (Å²) in [5.74, 6) is 0.159. The van der Waals surface area contributed by atoms with Crippen molar-refractivity contribution in [3.63, 3.8) is 0 Å². The molecule has 224 valence electrons. The summed E-state index contributed by atoms with van der Waals surface area (Å²) in [6.07, 6.45) is 5.81. The number of carbonyl (C=O) groups excluding carboxylic acids is 1. The molecule has 1 saturated carbocycles. The van der Waals surface area contributed by atoms with E-state index in [4.69, 9.17) is 21.1 Å². The van der Waals surface area contributed by atoms with E-state index >= 15 is 0 Å². The second kappa shape index (κ2) is 11.5. The molecule has 1 amide bonds. The van der Waals surface area contributed by atoms with E-state index in [1.54, 1.807) is 19.2 Å². The van der Waals surface area contributed by atoms with Gasteiger partial charge in [-0.15, -0.1) is 0 Å². The molecule has 2 aliphatic rings. The van der Waals surface area contributed by atoms with Gasteiger partial charge in [0.2, 0.25) is 0 Å². The number of aromatic nitrogens is 1. The van der Waals surface area contributed by atoms with Crippen LogP contribution in [0.2, 0.25) is 5.02 Å². The smallest absolute Gasteiger partial charge is 0.329 e. The minimum absolute atomic E-state index is 0.0136. The Kier molecular flexibility index (Phi) is 7.73. The van der Waals surface area contributed by atoms with Crippen molar-refractivity contribution in [1.82, 2.24) is 9.88 Å². The Morgan fingerprint density at radius 3 is 2.60 bits per heavy atom. The maximum atomic E-state index is 13.6. The molecule has 8 nitrogen and oxygen atoms in total.